The summed E-state index contributed by atoms with van der Waals surface area (Å²) in [6, 6.07) is 17.2. The van der Waals surface area contributed by atoms with Gasteiger partial charge in [0.2, 0.25) is 0 Å². The fourth-order valence-electron chi connectivity index (χ4n) is 8.82. The molecule has 0 saturated carbocycles. The minimum atomic E-state index is -1.80. The molecule has 14 N–H and O–H groups in total. The lowest BCUT2D eigenvalue weighted by atomic mass is 9.73. The number of phenols is 11. The van der Waals surface area contributed by atoms with E-state index in [1.807, 2.05) is 0 Å². The maximum absolute atomic E-state index is 12.9. The van der Waals surface area contributed by atoms with Crippen LogP contribution in [0.4, 0.5) is 0 Å². The second kappa shape index (κ2) is 14.5. The van der Waals surface area contributed by atoms with Crippen molar-refractivity contribution in [2.75, 3.05) is 0 Å². The summed E-state index contributed by atoms with van der Waals surface area (Å²) in [6.07, 6.45) is -9.65. The predicted molar refractivity (Wildman–Crippen MR) is 212 cm³/mol. The maximum Gasteiger partial charge on any atom is 0.200 e. The van der Waals surface area contributed by atoms with Crippen LogP contribution in [0.15, 0.2) is 84.9 Å². The van der Waals surface area contributed by atoms with E-state index in [-0.39, 0.29) is 73.3 Å². The van der Waals surface area contributed by atoms with Crippen LogP contribution in [0.1, 0.15) is 74.7 Å². The van der Waals surface area contributed by atoms with Crippen LogP contribution in [-0.2, 0) is 6.42 Å². The van der Waals surface area contributed by atoms with E-state index in [0.29, 0.717) is 0 Å². The number of aliphatic hydroxyl groups excluding tert-OH is 3. The molecule has 3 aliphatic rings. The molecule has 8 atom stereocenters. The van der Waals surface area contributed by atoms with Crippen LogP contribution < -0.4 is 14.2 Å². The number of aromatic hydroxyl groups is 11. The average Bonchev–Trinajstić information content (AvgIpc) is 3.23. The summed E-state index contributed by atoms with van der Waals surface area (Å²) in [5, 5.41) is 155. The lowest BCUT2D eigenvalue weighted by molar-refractivity contribution is 0.000308. The van der Waals surface area contributed by atoms with Crippen molar-refractivity contribution in [1.29, 1.82) is 0 Å². The molecule has 17 heteroatoms. The molecule has 9 rings (SSSR count). The Kier molecular flexibility index (Phi) is 9.35. The molecule has 0 radical (unpaired) electrons. The normalized spacial score (nSPS) is 23.8. The standard InChI is InChI=1S/C45H38O17/c46-19-3-5-21-31(13-19)60-43(17-2-8-25(49)27(51)10-17)40(58)33(21)35-37(55)23-15-30(54)42(16-1-7-24(48)26(50)9-16)62-45(23)36(39(35)57)34-22-6-4-20(47)14-32(22)61-44(41(34)59)18-11-28(52)38(56)29(53)12-18/h1-14,30,33-34,40-44,46-59H,15H2/t30-,33?,34+,40+,41+,42+,43+,44+/m0/s1. The molecule has 0 bridgehead atoms. The molecule has 62 heavy (non-hydrogen) atoms. The highest BCUT2D eigenvalue weighted by Gasteiger charge is 2.49. The zero-order valence-electron chi connectivity index (χ0n) is 31.9. The Bertz CT molecular complexity index is 2760. The second-order valence-electron chi connectivity index (χ2n) is 15.5. The molecule has 1 unspecified atom stereocenters. The summed E-state index contributed by atoms with van der Waals surface area (Å²) in [5.74, 6) is -9.65. The second-order valence-corrected chi connectivity index (χ2v) is 15.5. The van der Waals surface area contributed by atoms with E-state index in [4.69, 9.17) is 14.2 Å². The van der Waals surface area contributed by atoms with Crippen molar-refractivity contribution in [3.63, 3.8) is 0 Å². The summed E-state index contributed by atoms with van der Waals surface area (Å²) in [5.41, 5.74) is -0.214. The fourth-order valence-corrected chi connectivity index (χ4v) is 8.82. The van der Waals surface area contributed by atoms with Gasteiger partial charge in [0.05, 0.1) is 6.10 Å². The van der Waals surface area contributed by atoms with E-state index in [9.17, 15) is 71.5 Å². The quantitative estimate of drug-likeness (QED) is 0.104. The molecule has 0 amide bonds. The Labute approximate surface area is 349 Å². The van der Waals surface area contributed by atoms with Gasteiger partial charge in [-0.2, -0.15) is 0 Å². The summed E-state index contributed by atoms with van der Waals surface area (Å²) in [6.45, 7) is 0. The van der Waals surface area contributed by atoms with Gasteiger partial charge in [-0.1, -0.05) is 24.3 Å². The van der Waals surface area contributed by atoms with E-state index < -0.39 is 107 Å². The fraction of sp³-hybridized carbons (Fsp3) is 0.200. The molecule has 6 aromatic rings. The zero-order chi connectivity index (χ0) is 44.0. The van der Waals surface area contributed by atoms with Crippen LogP contribution in [0.25, 0.3) is 0 Å². The molecule has 0 fully saturated rings. The molecule has 0 aliphatic carbocycles. The predicted octanol–water partition coefficient (Wildman–Crippen LogP) is 4.74. The van der Waals surface area contributed by atoms with Crippen molar-refractivity contribution < 1.29 is 85.7 Å². The minimum Gasteiger partial charge on any atom is -0.508 e. The first-order valence-electron chi connectivity index (χ1n) is 19.1. The Balaban J connectivity index is 1.32. The largest absolute Gasteiger partial charge is 0.508 e. The lowest BCUT2D eigenvalue weighted by Crippen LogP contribution is -2.38. The molecule has 0 saturated heterocycles. The molecular formula is C45H38O17. The van der Waals surface area contributed by atoms with Crippen molar-refractivity contribution in [3.8, 4) is 80.5 Å². The SMILES string of the molecule is Oc1ccc2c(c1)O[C@H](c1ccc(O)c(O)c1)[C@H](O)C2c1c(O)c2c(c([C@H]3c4ccc(O)cc4O[C@H](c4cc(O)c(O)c(O)c4)[C@@H]3O)c1O)O[C@H](c1ccc(O)c(O)c1)[C@@H](O)C2. The first-order chi connectivity index (χ1) is 29.5. The molecule has 3 heterocycles. The van der Waals surface area contributed by atoms with Gasteiger partial charge in [-0.05, 0) is 59.7 Å². The zero-order valence-corrected chi connectivity index (χ0v) is 31.9. The Morgan fingerprint density at radius 1 is 0.403 bits per heavy atom. The van der Waals surface area contributed by atoms with E-state index in [1.165, 1.54) is 54.6 Å². The Hall–Kier alpha value is -7.60. The van der Waals surface area contributed by atoms with Gasteiger partial charge in [0, 0.05) is 63.8 Å². The van der Waals surface area contributed by atoms with Gasteiger partial charge < -0.3 is 85.7 Å². The summed E-state index contributed by atoms with van der Waals surface area (Å²) in [7, 11) is 0. The number of fused-ring (bicyclic) bond motifs is 3. The molecular weight excluding hydrogens is 812 g/mol. The number of benzene rings is 6. The number of hydrogen-bond donors (Lipinski definition) is 14. The third-order valence-corrected chi connectivity index (χ3v) is 11.8. The van der Waals surface area contributed by atoms with Crippen molar-refractivity contribution in [2.24, 2.45) is 0 Å². The number of aliphatic hydroxyl groups is 3. The van der Waals surface area contributed by atoms with Gasteiger partial charge in [-0.15, -0.1) is 0 Å². The van der Waals surface area contributed by atoms with Gasteiger partial charge in [0.15, 0.2) is 52.5 Å². The van der Waals surface area contributed by atoms with E-state index in [1.54, 1.807) is 0 Å². The minimum absolute atomic E-state index is 0.0154. The third-order valence-electron chi connectivity index (χ3n) is 11.8. The van der Waals surface area contributed by atoms with E-state index in [0.717, 1.165) is 30.3 Å². The molecule has 3 aliphatic heterocycles. The number of ether oxygens (including phenoxy) is 3. The highest BCUT2D eigenvalue weighted by atomic mass is 16.5. The first-order valence-corrected chi connectivity index (χ1v) is 19.1. The summed E-state index contributed by atoms with van der Waals surface area (Å²) in [4.78, 5) is 0. The molecule has 6 aromatic carbocycles. The van der Waals surface area contributed by atoms with E-state index in [2.05, 4.69) is 0 Å². The van der Waals surface area contributed by atoms with Crippen molar-refractivity contribution >= 4 is 0 Å². The Morgan fingerprint density at radius 2 is 0.871 bits per heavy atom. The van der Waals surface area contributed by atoms with Crippen LogP contribution >= 0.6 is 0 Å². The highest BCUT2D eigenvalue weighted by Crippen LogP contribution is 2.61. The van der Waals surface area contributed by atoms with Crippen LogP contribution in [0, 0.1) is 0 Å². The number of phenolic OH excluding ortho intramolecular Hbond substituents is 11. The van der Waals surface area contributed by atoms with Crippen LogP contribution in [0.5, 0.6) is 80.5 Å². The summed E-state index contributed by atoms with van der Waals surface area (Å²) < 4.78 is 18.8. The number of rotatable bonds is 5. The van der Waals surface area contributed by atoms with Crippen molar-refractivity contribution in [2.45, 2.75) is 54.9 Å². The van der Waals surface area contributed by atoms with Gasteiger partial charge in [-0.25, -0.2) is 0 Å². The molecule has 0 spiro atoms. The van der Waals surface area contributed by atoms with Crippen molar-refractivity contribution in [1.82, 2.24) is 0 Å². The Morgan fingerprint density at radius 3 is 1.39 bits per heavy atom. The first kappa shape index (κ1) is 39.8. The van der Waals surface area contributed by atoms with Crippen LogP contribution in [-0.4, -0.2) is 89.8 Å². The maximum atomic E-state index is 12.9. The smallest absolute Gasteiger partial charge is 0.200 e. The van der Waals surface area contributed by atoms with Crippen LogP contribution in [0.2, 0.25) is 0 Å². The topological polar surface area (TPSA) is 311 Å². The molecule has 17 nitrogen and oxygen atoms in total. The van der Waals surface area contributed by atoms with Crippen LogP contribution in [0.3, 0.4) is 0 Å². The van der Waals surface area contributed by atoms with E-state index >= 15 is 0 Å². The summed E-state index contributed by atoms with van der Waals surface area (Å²) >= 11 is 0. The van der Waals surface area contributed by atoms with Crippen molar-refractivity contribution in [3.05, 3.63) is 129 Å². The third kappa shape index (κ3) is 6.29. The lowest BCUT2D eigenvalue weighted by Gasteiger charge is -2.42. The highest BCUT2D eigenvalue weighted by molar-refractivity contribution is 5.70. The van der Waals surface area contributed by atoms with Gasteiger partial charge in [0.25, 0.3) is 0 Å². The molecule has 0 aromatic heterocycles. The van der Waals surface area contributed by atoms with Gasteiger partial charge in [0.1, 0.15) is 58.6 Å². The molecule has 320 valence electrons. The van der Waals surface area contributed by atoms with Gasteiger partial charge >= 0.3 is 0 Å². The average molecular weight is 851 g/mol. The monoisotopic (exact) mass is 850 g/mol. The number of hydrogen-bond acceptors (Lipinski definition) is 17. The van der Waals surface area contributed by atoms with Gasteiger partial charge in [-0.3, -0.25) is 0 Å².